The number of nitrogens with one attached hydrogen (secondary N) is 1. The summed E-state index contributed by atoms with van der Waals surface area (Å²) < 4.78 is 10.4. The molecule has 3 rings (SSSR count). The van der Waals surface area contributed by atoms with E-state index in [-0.39, 0.29) is 5.91 Å². The SMILES string of the molecule is CCCCOc1ccc(-c2nonc2NC(=O)c2cccs2)cc1. The first-order valence-corrected chi connectivity index (χ1v) is 8.56. The molecule has 0 aliphatic rings. The van der Waals surface area contributed by atoms with Crippen LogP contribution in [0.5, 0.6) is 5.75 Å². The van der Waals surface area contributed by atoms with Gasteiger partial charge >= 0.3 is 0 Å². The van der Waals surface area contributed by atoms with E-state index >= 15 is 0 Å². The minimum atomic E-state index is -0.235. The fraction of sp³-hybridized carbons (Fsp3) is 0.235. The second-order valence-corrected chi connectivity index (χ2v) is 6.07. The van der Waals surface area contributed by atoms with Crippen LogP contribution < -0.4 is 10.1 Å². The molecule has 1 amide bonds. The number of ether oxygens (including phenoxy) is 1. The second kappa shape index (κ2) is 7.74. The highest BCUT2D eigenvalue weighted by molar-refractivity contribution is 7.12. The Balaban J connectivity index is 1.71. The normalized spacial score (nSPS) is 10.5. The molecule has 2 heterocycles. The molecule has 24 heavy (non-hydrogen) atoms. The summed E-state index contributed by atoms with van der Waals surface area (Å²) in [5.41, 5.74) is 1.28. The maximum Gasteiger partial charge on any atom is 0.267 e. The number of nitrogens with zero attached hydrogens (tertiary/aromatic N) is 2. The molecule has 1 N–H and O–H groups in total. The number of rotatable bonds is 7. The van der Waals surface area contributed by atoms with Crippen molar-refractivity contribution in [1.82, 2.24) is 10.3 Å². The van der Waals surface area contributed by atoms with Gasteiger partial charge in [0.05, 0.1) is 11.5 Å². The molecule has 7 heteroatoms. The monoisotopic (exact) mass is 343 g/mol. The summed E-state index contributed by atoms with van der Waals surface area (Å²) in [4.78, 5) is 12.7. The van der Waals surface area contributed by atoms with E-state index < -0.39 is 0 Å². The molecule has 0 saturated heterocycles. The van der Waals surface area contributed by atoms with Crippen LogP contribution in [0.2, 0.25) is 0 Å². The number of carbonyl (C=O) groups is 1. The average Bonchev–Trinajstić information content (AvgIpc) is 3.27. The smallest absolute Gasteiger partial charge is 0.267 e. The van der Waals surface area contributed by atoms with Crippen LogP contribution in [0.3, 0.4) is 0 Å². The van der Waals surface area contributed by atoms with Gasteiger partial charge in [-0.3, -0.25) is 4.79 Å². The molecule has 0 bridgehead atoms. The lowest BCUT2D eigenvalue weighted by atomic mass is 10.1. The van der Waals surface area contributed by atoms with E-state index in [1.165, 1.54) is 11.3 Å². The molecule has 0 spiro atoms. The van der Waals surface area contributed by atoms with Crippen LogP contribution in [0, 0.1) is 0 Å². The van der Waals surface area contributed by atoms with Crippen LogP contribution in [-0.2, 0) is 0 Å². The summed E-state index contributed by atoms with van der Waals surface area (Å²) in [5, 5.41) is 12.2. The highest BCUT2D eigenvalue weighted by atomic mass is 32.1. The Morgan fingerprint density at radius 3 is 2.79 bits per heavy atom. The minimum absolute atomic E-state index is 0.235. The summed E-state index contributed by atoms with van der Waals surface area (Å²) in [5.74, 6) is 0.863. The Labute approximate surface area is 143 Å². The predicted molar refractivity (Wildman–Crippen MR) is 92.4 cm³/mol. The second-order valence-electron chi connectivity index (χ2n) is 5.12. The Kier molecular flexibility index (Phi) is 5.22. The number of unbranched alkanes of at least 4 members (excludes halogenated alkanes) is 1. The molecule has 2 aromatic heterocycles. The lowest BCUT2D eigenvalue weighted by Crippen LogP contribution is -2.11. The first-order chi connectivity index (χ1) is 11.8. The minimum Gasteiger partial charge on any atom is -0.494 e. The Morgan fingerprint density at radius 1 is 1.25 bits per heavy atom. The fourth-order valence-electron chi connectivity index (χ4n) is 2.08. The van der Waals surface area contributed by atoms with Crippen LogP contribution in [-0.4, -0.2) is 22.8 Å². The van der Waals surface area contributed by atoms with E-state index in [1.807, 2.05) is 35.7 Å². The summed E-state index contributed by atoms with van der Waals surface area (Å²) in [6.45, 7) is 2.82. The summed E-state index contributed by atoms with van der Waals surface area (Å²) in [7, 11) is 0. The van der Waals surface area contributed by atoms with Gasteiger partial charge in [0.2, 0.25) is 5.82 Å². The Bertz CT molecular complexity index is 782. The molecule has 0 atom stereocenters. The molecule has 0 aliphatic heterocycles. The zero-order valence-corrected chi connectivity index (χ0v) is 14.0. The van der Waals surface area contributed by atoms with Gasteiger partial charge in [0, 0.05) is 5.56 Å². The van der Waals surface area contributed by atoms with Crippen molar-refractivity contribution < 1.29 is 14.2 Å². The standard InChI is InChI=1S/C17H17N3O3S/c1-2-3-10-22-13-8-6-12(7-9-13)15-16(20-23-19-15)18-17(21)14-5-4-11-24-14/h4-9,11H,2-3,10H2,1H3,(H,18,20,21). The van der Waals surface area contributed by atoms with Crippen molar-refractivity contribution in [3.8, 4) is 17.0 Å². The summed E-state index contributed by atoms with van der Waals surface area (Å²) in [6, 6.07) is 11.0. The Hall–Kier alpha value is -2.67. The third-order valence-electron chi connectivity index (χ3n) is 3.36. The van der Waals surface area contributed by atoms with Gasteiger partial charge in [0.25, 0.3) is 5.91 Å². The maximum atomic E-state index is 12.1. The van der Waals surface area contributed by atoms with Gasteiger partial charge in [-0.1, -0.05) is 19.4 Å². The summed E-state index contributed by atoms with van der Waals surface area (Å²) >= 11 is 1.36. The van der Waals surface area contributed by atoms with Gasteiger partial charge in [-0.2, -0.15) is 0 Å². The zero-order valence-electron chi connectivity index (χ0n) is 13.2. The van der Waals surface area contributed by atoms with Crippen LogP contribution in [0.4, 0.5) is 5.82 Å². The van der Waals surface area contributed by atoms with E-state index in [4.69, 9.17) is 9.37 Å². The molecular formula is C17H17N3O3S. The summed E-state index contributed by atoms with van der Waals surface area (Å²) in [6.07, 6.45) is 2.11. The third kappa shape index (κ3) is 3.80. The highest BCUT2D eigenvalue weighted by Crippen LogP contribution is 2.27. The van der Waals surface area contributed by atoms with Crippen LogP contribution in [0.25, 0.3) is 11.3 Å². The van der Waals surface area contributed by atoms with Crippen molar-refractivity contribution in [1.29, 1.82) is 0 Å². The van der Waals surface area contributed by atoms with E-state index in [1.54, 1.807) is 6.07 Å². The number of aromatic nitrogens is 2. The van der Waals surface area contributed by atoms with Crippen molar-refractivity contribution in [3.63, 3.8) is 0 Å². The molecule has 3 aromatic rings. The van der Waals surface area contributed by atoms with E-state index in [2.05, 4.69) is 22.6 Å². The molecule has 0 aliphatic carbocycles. The number of hydrogen-bond donors (Lipinski definition) is 1. The molecule has 6 nitrogen and oxygen atoms in total. The zero-order chi connectivity index (χ0) is 16.8. The van der Waals surface area contributed by atoms with E-state index in [0.29, 0.717) is 23.0 Å². The first kappa shape index (κ1) is 16.2. The largest absolute Gasteiger partial charge is 0.494 e. The van der Waals surface area contributed by atoms with Crippen molar-refractivity contribution in [2.75, 3.05) is 11.9 Å². The molecule has 0 unspecified atom stereocenters. The van der Waals surface area contributed by atoms with E-state index in [0.717, 1.165) is 24.2 Å². The first-order valence-electron chi connectivity index (χ1n) is 7.68. The number of benzene rings is 1. The lowest BCUT2D eigenvalue weighted by Gasteiger charge is -2.06. The van der Waals surface area contributed by atoms with Crippen molar-refractivity contribution in [2.24, 2.45) is 0 Å². The molecule has 0 fully saturated rings. The highest BCUT2D eigenvalue weighted by Gasteiger charge is 2.16. The molecule has 124 valence electrons. The van der Waals surface area contributed by atoms with Crippen molar-refractivity contribution >= 4 is 23.1 Å². The van der Waals surface area contributed by atoms with Crippen LogP contribution >= 0.6 is 11.3 Å². The van der Waals surface area contributed by atoms with Gasteiger partial charge < -0.3 is 10.1 Å². The van der Waals surface area contributed by atoms with Gasteiger partial charge in [0.15, 0.2) is 5.69 Å². The Morgan fingerprint density at radius 2 is 2.08 bits per heavy atom. The number of thiophene rings is 1. The maximum absolute atomic E-state index is 12.1. The fourth-order valence-corrected chi connectivity index (χ4v) is 2.70. The quantitative estimate of drug-likeness (QED) is 0.650. The lowest BCUT2D eigenvalue weighted by molar-refractivity contribution is 0.102. The van der Waals surface area contributed by atoms with Crippen molar-refractivity contribution in [3.05, 3.63) is 46.7 Å². The van der Waals surface area contributed by atoms with Crippen LogP contribution in [0.15, 0.2) is 46.4 Å². The molecule has 1 aromatic carbocycles. The topological polar surface area (TPSA) is 77.2 Å². The average molecular weight is 343 g/mol. The predicted octanol–water partition coefficient (Wildman–Crippen LogP) is 4.23. The van der Waals surface area contributed by atoms with Crippen LogP contribution in [0.1, 0.15) is 29.4 Å². The molecular weight excluding hydrogens is 326 g/mol. The van der Waals surface area contributed by atoms with Gasteiger partial charge in [-0.25, -0.2) is 4.63 Å². The third-order valence-corrected chi connectivity index (χ3v) is 4.23. The number of hydrogen-bond acceptors (Lipinski definition) is 6. The van der Waals surface area contributed by atoms with Gasteiger partial charge in [-0.15, -0.1) is 11.3 Å². The number of amides is 1. The van der Waals surface area contributed by atoms with Gasteiger partial charge in [0.1, 0.15) is 5.75 Å². The van der Waals surface area contributed by atoms with Crippen molar-refractivity contribution in [2.45, 2.75) is 19.8 Å². The number of carbonyl (C=O) groups excluding carboxylic acids is 1. The number of anilines is 1. The van der Waals surface area contributed by atoms with E-state index in [9.17, 15) is 4.79 Å². The van der Waals surface area contributed by atoms with Gasteiger partial charge in [-0.05, 0) is 52.4 Å². The molecule has 0 saturated carbocycles. The molecule has 0 radical (unpaired) electrons.